The van der Waals surface area contributed by atoms with Crippen molar-refractivity contribution in [3.63, 3.8) is 0 Å². The number of amides is 3. The Morgan fingerprint density at radius 2 is 1.82 bits per heavy atom. The number of anilines is 1. The van der Waals surface area contributed by atoms with Gasteiger partial charge in [-0.1, -0.05) is 45.1 Å². The van der Waals surface area contributed by atoms with Gasteiger partial charge in [-0.05, 0) is 36.6 Å². The summed E-state index contributed by atoms with van der Waals surface area (Å²) < 4.78 is 11.9. The third kappa shape index (κ3) is 3.94. The normalized spacial score (nSPS) is 31.3. The molecule has 0 bridgehead atoms. The first-order valence-corrected chi connectivity index (χ1v) is 13.5. The van der Waals surface area contributed by atoms with Crippen molar-refractivity contribution in [1.82, 2.24) is 9.80 Å². The van der Waals surface area contributed by atoms with E-state index in [-0.39, 0.29) is 36.8 Å². The highest BCUT2D eigenvalue weighted by molar-refractivity contribution is 6.06. The first-order valence-electron chi connectivity index (χ1n) is 13.5. The molecule has 1 spiro atoms. The molecule has 1 N–H and O–H groups in total. The molecular weight excluding hydrogens is 486 g/mol. The predicted molar refractivity (Wildman–Crippen MR) is 141 cm³/mol. The van der Waals surface area contributed by atoms with E-state index in [0.717, 1.165) is 6.42 Å². The van der Waals surface area contributed by atoms with Gasteiger partial charge in [0.2, 0.25) is 11.8 Å². The summed E-state index contributed by atoms with van der Waals surface area (Å²) >= 11 is 0. The Kier molecular flexibility index (Phi) is 7.09. The molecule has 4 aliphatic heterocycles. The van der Waals surface area contributed by atoms with Crippen LogP contribution in [0.1, 0.15) is 27.2 Å². The van der Waals surface area contributed by atoms with Crippen LogP contribution in [-0.4, -0.2) is 89.8 Å². The number of methoxy groups -OCH3 is 1. The van der Waals surface area contributed by atoms with E-state index in [4.69, 9.17) is 9.47 Å². The van der Waals surface area contributed by atoms with Crippen molar-refractivity contribution in [1.29, 1.82) is 0 Å². The van der Waals surface area contributed by atoms with Crippen LogP contribution in [0.25, 0.3) is 0 Å². The van der Waals surface area contributed by atoms with Crippen molar-refractivity contribution in [2.24, 2.45) is 17.8 Å². The molecule has 5 rings (SSSR count). The van der Waals surface area contributed by atoms with Crippen LogP contribution in [0.5, 0.6) is 5.75 Å². The Morgan fingerprint density at radius 1 is 1.08 bits per heavy atom. The van der Waals surface area contributed by atoms with E-state index in [9.17, 15) is 19.5 Å². The fourth-order valence-electron chi connectivity index (χ4n) is 6.57. The molecule has 204 valence electrons. The van der Waals surface area contributed by atoms with Gasteiger partial charge in [-0.3, -0.25) is 14.4 Å². The smallest absolute Gasteiger partial charge is 0.253 e. The number of carbonyl (C=O) groups is 3. The third-order valence-corrected chi connectivity index (χ3v) is 8.37. The molecule has 0 aliphatic carbocycles. The second-order valence-corrected chi connectivity index (χ2v) is 10.8. The number of nitrogens with zero attached hydrogens (tertiary/aromatic N) is 3. The highest BCUT2D eigenvalue weighted by atomic mass is 16.5. The van der Waals surface area contributed by atoms with Crippen LogP contribution in [0.4, 0.5) is 5.69 Å². The highest BCUT2D eigenvalue weighted by Gasteiger charge is 2.72. The molecule has 9 heteroatoms. The fourth-order valence-corrected chi connectivity index (χ4v) is 6.57. The molecule has 1 aromatic carbocycles. The molecule has 1 aromatic rings. The van der Waals surface area contributed by atoms with Crippen molar-refractivity contribution in [3.05, 3.63) is 48.6 Å². The van der Waals surface area contributed by atoms with Crippen molar-refractivity contribution >= 4 is 23.4 Å². The maximum Gasteiger partial charge on any atom is 0.253 e. The van der Waals surface area contributed by atoms with Crippen LogP contribution in [-0.2, 0) is 19.1 Å². The van der Waals surface area contributed by atoms with Crippen LogP contribution < -0.4 is 9.64 Å². The number of carbonyl (C=O) groups excluding carboxylic acids is 3. The second kappa shape index (κ2) is 10.2. The number of hydrogen-bond donors (Lipinski definition) is 1. The lowest BCUT2D eigenvalue weighted by Crippen LogP contribution is -2.59. The van der Waals surface area contributed by atoms with Gasteiger partial charge in [-0.25, -0.2) is 0 Å². The van der Waals surface area contributed by atoms with Crippen LogP contribution in [0, 0.1) is 17.8 Å². The largest absolute Gasteiger partial charge is 0.497 e. The summed E-state index contributed by atoms with van der Waals surface area (Å²) in [4.78, 5) is 47.5. The molecule has 4 aliphatic rings. The topological polar surface area (TPSA) is 99.6 Å². The summed E-state index contributed by atoms with van der Waals surface area (Å²) in [6, 6.07) is 5.56. The van der Waals surface area contributed by atoms with Crippen LogP contribution in [0.15, 0.2) is 48.6 Å². The predicted octanol–water partition coefficient (Wildman–Crippen LogP) is 2.00. The van der Waals surface area contributed by atoms with E-state index in [1.165, 1.54) is 4.90 Å². The van der Waals surface area contributed by atoms with Gasteiger partial charge in [0.25, 0.3) is 5.91 Å². The van der Waals surface area contributed by atoms with E-state index in [0.29, 0.717) is 24.5 Å². The molecular formula is C29H37N3O6. The van der Waals surface area contributed by atoms with E-state index >= 15 is 0 Å². The van der Waals surface area contributed by atoms with E-state index in [1.54, 1.807) is 29.0 Å². The van der Waals surface area contributed by atoms with Gasteiger partial charge in [0.05, 0.1) is 37.7 Å². The van der Waals surface area contributed by atoms with Crippen molar-refractivity contribution < 1.29 is 29.0 Å². The van der Waals surface area contributed by atoms with Gasteiger partial charge in [0, 0.05) is 25.3 Å². The number of aliphatic hydroxyl groups excluding tert-OH is 1. The minimum absolute atomic E-state index is 0.119. The molecule has 38 heavy (non-hydrogen) atoms. The van der Waals surface area contributed by atoms with Crippen LogP contribution >= 0.6 is 0 Å². The lowest BCUT2D eigenvalue weighted by atomic mass is 9.77. The SMILES string of the molecule is CCCN1CC=C[C@H]2O[C@]34C=CCN(c5ccc(OC)cc5)C(=O)C3N([C@@H](CO)C(C)C)C(=O)[C@@H]4[C@H]2C1=O. The van der Waals surface area contributed by atoms with Crippen molar-refractivity contribution in [2.45, 2.75) is 51.0 Å². The molecule has 4 heterocycles. The lowest BCUT2D eigenvalue weighted by Gasteiger charge is -2.39. The van der Waals surface area contributed by atoms with Gasteiger partial charge in [-0.2, -0.15) is 0 Å². The van der Waals surface area contributed by atoms with E-state index < -0.39 is 35.6 Å². The number of hydrogen-bond acceptors (Lipinski definition) is 6. The van der Waals surface area contributed by atoms with Crippen molar-refractivity contribution in [3.8, 4) is 5.75 Å². The number of fused-ring (bicyclic) bond motifs is 2. The summed E-state index contributed by atoms with van der Waals surface area (Å²) in [6.07, 6.45) is 7.67. The molecule has 3 amide bonds. The third-order valence-electron chi connectivity index (χ3n) is 8.37. The Balaban J connectivity index is 1.63. The molecule has 2 saturated heterocycles. The number of benzene rings is 1. The summed E-state index contributed by atoms with van der Waals surface area (Å²) in [6.45, 7) is 6.88. The molecule has 2 fully saturated rings. The minimum atomic E-state index is -1.32. The van der Waals surface area contributed by atoms with Gasteiger partial charge >= 0.3 is 0 Å². The van der Waals surface area contributed by atoms with Gasteiger partial charge in [0.15, 0.2) is 0 Å². The average Bonchev–Trinajstić information content (AvgIpc) is 3.22. The zero-order chi connectivity index (χ0) is 27.2. The number of aliphatic hydroxyl groups is 1. The summed E-state index contributed by atoms with van der Waals surface area (Å²) in [7, 11) is 1.58. The van der Waals surface area contributed by atoms with E-state index in [2.05, 4.69) is 0 Å². The monoisotopic (exact) mass is 523 g/mol. The zero-order valence-electron chi connectivity index (χ0n) is 22.4. The first-order chi connectivity index (χ1) is 18.3. The Bertz CT molecular complexity index is 1150. The lowest BCUT2D eigenvalue weighted by molar-refractivity contribution is -0.147. The molecule has 0 radical (unpaired) electrons. The second-order valence-electron chi connectivity index (χ2n) is 10.8. The molecule has 0 aromatic heterocycles. The number of ether oxygens (including phenoxy) is 2. The van der Waals surface area contributed by atoms with Gasteiger partial charge in [-0.15, -0.1) is 0 Å². The Labute approximate surface area is 223 Å². The maximum absolute atomic E-state index is 14.4. The number of likely N-dealkylation sites (tertiary alicyclic amines) is 1. The maximum atomic E-state index is 14.4. The average molecular weight is 524 g/mol. The fraction of sp³-hybridized carbons (Fsp3) is 0.552. The standard InChI is InChI=1S/C29H37N3O6/c1-5-14-30-15-6-8-22-23(26(30)34)24-27(35)32(21(17-33)18(2)3)25-28(36)31(16-7-13-29(24,25)38-22)19-9-11-20(37-4)12-10-19/h6-13,18,21-25,33H,5,14-17H2,1-4H3/t21-,22+,23-,24-,25?,29-/m0/s1. The minimum Gasteiger partial charge on any atom is -0.497 e. The van der Waals surface area contributed by atoms with Crippen LogP contribution in [0.2, 0.25) is 0 Å². The van der Waals surface area contributed by atoms with Crippen LogP contribution in [0.3, 0.4) is 0 Å². The van der Waals surface area contributed by atoms with Gasteiger partial charge < -0.3 is 29.3 Å². The highest BCUT2D eigenvalue weighted by Crippen LogP contribution is 2.54. The summed E-state index contributed by atoms with van der Waals surface area (Å²) in [5, 5.41) is 10.4. The van der Waals surface area contributed by atoms with Crippen molar-refractivity contribution in [2.75, 3.05) is 38.3 Å². The molecule has 6 atom stereocenters. The Hall–Kier alpha value is -3.17. The van der Waals surface area contributed by atoms with Gasteiger partial charge in [0.1, 0.15) is 17.4 Å². The zero-order valence-corrected chi connectivity index (χ0v) is 22.4. The molecule has 9 nitrogen and oxygen atoms in total. The Morgan fingerprint density at radius 3 is 2.45 bits per heavy atom. The molecule has 1 unspecified atom stereocenters. The van der Waals surface area contributed by atoms with E-state index in [1.807, 2.05) is 57.2 Å². The molecule has 0 saturated carbocycles. The summed E-state index contributed by atoms with van der Waals surface area (Å²) in [5.74, 6) is -1.79. The number of rotatable bonds is 7. The quantitative estimate of drug-likeness (QED) is 0.549. The first kappa shape index (κ1) is 26.4. The summed E-state index contributed by atoms with van der Waals surface area (Å²) in [5.41, 5.74) is -0.654.